The summed E-state index contributed by atoms with van der Waals surface area (Å²) in [4.78, 5) is 18.3. The van der Waals surface area contributed by atoms with E-state index in [9.17, 15) is 8.42 Å². The highest BCUT2D eigenvalue weighted by Crippen LogP contribution is 2.40. The Kier molecular flexibility index (Phi) is 8.31. The monoisotopic (exact) mass is 570 g/mol. The van der Waals surface area contributed by atoms with E-state index in [0.717, 1.165) is 66.4 Å². The Labute approximate surface area is 232 Å². The number of aromatic amines is 1. The maximum absolute atomic E-state index is 12.0. The number of sulfone groups is 1. The van der Waals surface area contributed by atoms with Gasteiger partial charge >= 0.3 is 0 Å². The first-order valence-electron chi connectivity index (χ1n) is 12.7. The second-order valence-electron chi connectivity index (χ2n) is 9.45. The highest BCUT2D eigenvalue weighted by molar-refractivity contribution is 7.90. The van der Waals surface area contributed by atoms with E-state index in [4.69, 9.17) is 21.1 Å². The molecule has 2 N–H and O–H groups in total. The number of halogens is 1. The van der Waals surface area contributed by atoms with Gasteiger partial charge in [0, 0.05) is 43.0 Å². The van der Waals surface area contributed by atoms with Crippen molar-refractivity contribution in [3.05, 3.63) is 59.1 Å². The lowest BCUT2D eigenvalue weighted by Gasteiger charge is -2.27. The molecule has 0 saturated carbocycles. The molecule has 1 saturated heterocycles. The number of aromatic nitrogens is 4. The summed E-state index contributed by atoms with van der Waals surface area (Å²) in [6.45, 7) is 6.99. The second kappa shape index (κ2) is 11.9. The molecule has 206 valence electrons. The summed E-state index contributed by atoms with van der Waals surface area (Å²) in [5.74, 6) is 1.41. The standard InChI is InChI=1S/C27H31ClN6O4S/c1-18-22(28)15-20(7-8-29-26-24-27(31-16-30-24)33-17-32-26)25(38-14-11-34-9-12-37-13-10-34)23(18)19-3-5-21(6-4-19)39(2,35)36/h3-6,15-17H,7-14H2,1-2H3,(H2,29,30,31,32,33). The summed E-state index contributed by atoms with van der Waals surface area (Å²) in [6.07, 6.45) is 4.88. The lowest BCUT2D eigenvalue weighted by Crippen LogP contribution is -2.38. The molecular weight excluding hydrogens is 540 g/mol. The summed E-state index contributed by atoms with van der Waals surface area (Å²) in [5, 5.41) is 3.98. The van der Waals surface area contributed by atoms with Gasteiger partial charge in [0.1, 0.15) is 24.2 Å². The van der Waals surface area contributed by atoms with Gasteiger partial charge in [-0.05, 0) is 48.2 Å². The molecule has 12 heteroatoms. The molecule has 10 nitrogen and oxygen atoms in total. The molecular formula is C27H31ClN6O4S. The predicted octanol–water partition coefficient (Wildman–Crippen LogP) is 3.75. The van der Waals surface area contributed by atoms with Gasteiger partial charge in [-0.1, -0.05) is 23.7 Å². The Morgan fingerprint density at radius 1 is 1.15 bits per heavy atom. The normalized spacial score (nSPS) is 14.5. The molecule has 39 heavy (non-hydrogen) atoms. The number of imidazole rings is 1. The minimum Gasteiger partial charge on any atom is -0.491 e. The van der Waals surface area contributed by atoms with Crippen LogP contribution in [0.25, 0.3) is 22.3 Å². The van der Waals surface area contributed by atoms with Gasteiger partial charge in [0.15, 0.2) is 21.3 Å². The van der Waals surface area contributed by atoms with E-state index in [1.165, 1.54) is 12.6 Å². The van der Waals surface area contributed by atoms with Gasteiger partial charge in [-0.25, -0.2) is 23.4 Å². The zero-order valence-electron chi connectivity index (χ0n) is 21.9. The van der Waals surface area contributed by atoms with Gasteiger partial charge < -0.3 is 19.8 Å². The van der Waals surface area contributed by atoms with Gasteiger partial charge in [-0.3, -0.25) is 4.90 Å². The van der Waals surface area contributed by atoms with Crippen molar-refractivity contribution < 1.29 is 17.9 Å². The summed E-state index contributed by atoms with van der Waals surface area (Å²) in [5.41, 5.74) is 4.85. The smallest absolute Gasteiger partial charge is 0.182 e. The quantitative estimate of drug-likeness (QED) is 0.293. The Balaban J connectivity index is 1.44. The van der Waals surface area contributed by atoms with E-state index in [1.807, 2.05) is 25.1 Å². The minimum atomic E-state index is -3.31. The van der Waals surface area contributed by atoms with Crippen molar-refractivity contribution in [2.24, 2.45) is 0 Å². The van der Waals surface area contributed by atoms with Gasteiger partial charge in [-0.2, -0.15) is 0 Å². The lowest BCUT2D eigenvalue weighted by molar-refractivity contribution is 0.0322. The fourth-order valence-electron chi connectivity index (χ4n) is 4.66. The number of benzene rings is 2. The van der Waals surface area contributed by atoms with Gasteiger partial charge in [0.2, 0.25) is 0 Å². The van der Waals surface area contributed by atoms with Gasteiger partial charge in [0.05, 0.1) is 24.4 Å². The summed E-state index contributed by atoms with van der Waals surface area (Å²) in [7, 11) is -3.31. The molecule has 0 atom stereocenters. The summed E-state index contributed by atoms with van der Waals surface area (Å²) >= 11 is 6.73. The number of rotatable bonds is 10. The third kappa shape index (κ3) is 6.33. The maximum atomic E-state index is 12.0. The lowest BCUT2D eigenvalue weighted by atomic mass is 9.95. The van der Waals surface area contributed by atoms with Crippen molar-refractivity contribution in [2.45, 2.75) is 18.2 Å². The van der Waals surface area contributed by atoms with Crippen LogP contribution in [0.15, 0.2) is 47.9 Å². The van der Waals surface area contributed by atoms with Crippen LogP contribution in [-0.4, -0.2) is 85.5 Å². The Morgan fingerprint density at radius 3 is 2.67 bits per heavy atom. The number of H-pyrrole nitrogens is 1. The number of ether oxygens (including phenoxy) is 2. The van der Waals surface area contributed by atoms with Crippen LogP contribution >= 0.6 is 11.6 Å². The zero-order chi connectivity index (χ0) is 27.4. The molecule has 0 aliphatic carbocycles. The molecule has 4 aromatic rings. The first-order chi connectivity index (χ1) is 18.8. The van der Waals surface area contributed by atoms with Gasteiger partial charge in [-0.15, -0.1) is 0 Å². The molecule has 2 aromatic heterocycles. The Morgan fingerprint density at radius 2 is 1.92 bits per heavy atom. The average Bonchev–Trinajstić information content (AvgIpc) is 3.41. The van der Waals surface area contributed by atoms with E-state index >= 15 is 0 Å². The van der Waals surface area contributed by atoms with E-state index < -0.39 is 9.84 Å². The third-order valence-electron chi connectivity index (χ3n) is 6.79. The molecule has 2 aromatic carbocycles. The van der Waals surface area contributed by atoms with Crippen molar-refractivity contribution in [1.29, 1.82) is 0 Å². The molecule has 0 spiro atoms. The number of nitrogens with one attached hydrogen (secondary N) is 2. The highest BCUT2D eigenvalue weighted by Gasteiger charge is 2.20. The van der Waals surface area contributed by atoms with Crippen molar-refractivity contribution in [1.82, 2.24) is 24.8 Å². The van der Waals surface area contributed by atoms with Crippen LogP contribution in [0.1, 0.15) is 11.1 Å². The number of anilines is 1. The van der Waals surface area contributed by atoms with Crippen LogP contribution in [-0.2, 0) is 21.0 Å². The summed E-state index contributed by atoms with van der Waals surface area (Å²) in [6, 6.07) is 8.80. The van der Waals surface area contributed by atoms with Crippen LogP contribution < -0.4 is 10.1 Å². The van der Waals surface area contributed by atoms with E-state index in [2.05, 4.69) is 30.2 Å². The second-order valence-corrected chi connectivity index (χ2v) is 11.9. The van der Waals surface area contributed by atoms with E-state index in [0.29, 0.717) is 36.1 Å². The van der Waals surface area contributed by atoms with Crippen molar-refractivity contribution >= 4 is 38.4 Å². The molecule has 0 amide bonds. The molecule has 1 aliphatic rings. The number of hydrogen-bond acceptors (Lipinski definition) is 9. The van der Waals surface area contributed by atoms with Crippen LogP contribution in [0.4, 0.5) is 5.82 Å². The zero-order valence-corrected chi connectivity index (χ0v) is 23.5. The molecule has 0 unspecified atom stereocenters. The third-order valence-corrected chi connectivity index (χ3v) is 8.31. The number of nitrogens with zero attached hydrogens (tertiary/aromatic N) is 4. The van der Waals surface area contributed by atoms with E-state index in [-0.39, 0.29) is 4.90 Å². The largest absolute Gasteiger partial charge is 0.491 e. The molecule has 3 heterocycles. The van der Waals surface area contributed by atoms with Crippen molar-refractivity contribution in [3.63, 3.8) is 0 Å². The van der Waals surface area contributed by atoms with Crippen LogP contribution in [0.2, 0.25) is 5.02 Å². The molecule has 5 rings (SSSR count). The van der Waals surface area contributed by atoms with Gasteiger partial charge in [0.25, 0.3) is 0 Å². The first kappa shape index (κ1) is 27.3. The van der Waals surface area contributed by atoms with Crippen LogP contribution in [0, 0.1) is 6.92 Å². The Hall–Kier alpha value is -3.25. The fraction of sp³-hybridized carbons (Fsp3) is 0.370. The topological polar surface area (TPSA) is 122 Å². The molecule has 1 aliphatic heterocycles. The Bertz CT molecular complexity index is 1550. The van der Waals surface area contributed by atoms with Crippen LogP contribution in [0.5, 0.6) is 5.75 Å². The summed E-state index contributed by atoms with van der Waals surface area (Å²) < 4.78 is 36.0. The van der Waals surface area contributed by atoms with E-state index in [1.54, 1.807) is 18.5 Å². The molecule has 0 bridgehead atoms. The number of hydrogen-bond donors (Lipinski definition) is 2. The maximum Gasteiger partial charge on any atom is 0.182 e. The predicted molar refractivity (Wildman–Crippen MR) is 151 cm³/mol. The fourth-order valence-corrected chi connectivity index (χ4v) is 5.52. The minimum absolute atomic E-state index is 0.264. The first-order valence-corrected chi connectivity index (χ1v) is 15.0. The molecule has 0 radical (unpaired) electrons. The van der Waals surface area contributed by atoms with Crippen molar-refractivity contribution in [2.75, 3.05) is 57.6 Å². The average molecular weight is 571 g/mol. The number of fused-ring (bicyclic) bond motifs is 1. The van der Waals surface area contributed by atoms with Crippen molar-refractivity contribution in [3.8, 4) is 16.9 Å². The SMILES string of the molecule is Cc1c(Cl)cc(CCNc2ncnc3nc[nH]c23)c(OCCN2CCOCC2)c1-c1ccc(S(C)(=O)=O)cc1. The highest BCUT2D eigenvalue weighted by atomic mass is 35.5. The van der Waals surface area contributed by atoms with Crippen LogP contribution in [0.3, 0.4) is 0 Å². The molecule has 1 fully saturated rings. The number of morpholine rings is 1.